The van der Waals surface area contributed by atoms with Gasteiger partial charge in [-0.1, -0.05) is 6.07 Å². The van der Waals surface area contributed by atoms with Crippen molar-refractivity contribution in [1.29, 1.82) is 0 Å². The Morgan fingerprint density at radius 3 is 2.85 bits per heavy atom. The number of hydrogen-bond donors (Lipinski definition) is 2. The van der Waals surface area contributed by atoms with Crippen molar-refractivity contribution in [3.63, 3.8) is 0 Å². The van der Waals surface area contributed by atoms with Gasteiger partial charge in [0.1, 0.15) is 12.4 Å². The highest BCUT2D eigenvalue weighted by Gasteiger charge is 2.41. The van der Waals surface area contributed by atoms with Crippen LogP contribution in [0.15, 0.2) is 22.5 Å². The molecule has 0 atom stereocenters. The summed E-state index contributed by atoms with van der Waals surface area (Å²) in [5, 5.41) is 17.4. The Bertz CT molecular complexity index is 735. The van der Waals surface area contributed by atoms with Crippen LogP contribution in [0, 0.1) is 12.3 Å². The summed E-state index contributed by atoms with van der Waals surface area (Å²) in [5.74, 6) is 2.61. The average Bonchev–Trinajstić information content (AvgIpc) is 3.10. The van der Waals surface area contributed by atoms with E-state index >= 15 is 0 Å². The summed E-state index contributed by atoms with van der Waals surface area (Å²) in [4.78, 5) is 6.12. The molecule has 2 aromatic heterocycles. The lowest BCUT2D eigenvalue weighted by Gasteiger charge is -2.18. The van der Waals surface area contributed by atoms with Crippen LogP contribution in [0.5, 0.6) is 0 Å². The highest BCUT2D eigenvalue weighted by molar-refractivity contribution is 7.09. The third-order valence-corrected chi connectivity index (χ3v) is 6.17. The minimum absolute atomic E-state index is 0.369. The van der Waals surface area contributed by atoms with E-state index in [1.54, 1.807) is 18.4 Å². The van der Waals surface area contributed by atoms with E-state index in [9.17, 15) is 0 Å². The minimum Gasteiger partial charge on any atom is -0.385 e. The van der Waals surface area contributed by atoms with Crippen LogP contribution in [0.25, 0.3) is 0 Å². The molecule has 8 heteroatoms. The van der Waals surface area contributed by atoms with Crippen molar-refractivity contribution in [3.05, 3.63) is 34.0 Å². The summed E-state index contributed by atoms with van der Waals surface area (Å²) in [6.07, 6.45) is 4.61. The Balaban J connectivity index is 1.57. The number of aryl methyl sites for hydroxylation is 1. The van der Waals surface area contributed by atoms with Crippen LogP contribution in [-0.4, -0.2) is 47.5 Å². The van der Waals surface area contributed by atoms with E-state index in [1.807, 2.05) is 18.5 Å². The summed E-state index contributed by atoms with van der Waals surface area (Å²) < 4.78 is 7.24. The lowest BCUT2D eigenvalue weighted by Crippen LogP contribution is -2.41. The molecular weight excluding hydrogens is 360 g/mol. The zero-order valence-electron chi connectivity index (χ0n) is 16.5. The Labute approximate surface area is 165 Å². The summed E-state index contributed by atoms with van der Waals surface area (Å²) in [6, 6.07) is 4.26. The van der Waals surface area contributed by atoms with E-state index in [0.29, 0.717) is 12.0 Å². The number of hydrogen-bond acceptors (Lipinski definition) is 5. The van der Waals surface area contributed by atoms with Gasteiger partial charge in [0.05, 0.1) is 0 Å². The Morgan fingerprint density at radius 1 is 1.37 bits per heavy atom. The lowest BCUT2D eigenvalue weighted by atomic mass is 10.0. The molecule has 1 aliphatic rings. The predicted molar refractivity (Wildman–Crippen MR) is 109 cm³/mol. The van der Waals surface area contributed by atoms with Crippen molar-refractivity contribution in [2.24, 2.45) is 17.5 Å². The molecule has 2 aromatic rings. The lowest BCUT2D eigenvalue weighted by molar-refractivity contribution is 0.172. The van der Waals surface area contributed by atoms with Gasteiger partial charge in [-0.3, -0.25) is 0 Å². The molecule has 0 saturated heterocycles. The smallest absolute Gasteiger partial charge is 0.191 e. The summed E-state index contributed by atoms with van der Waals surface area (Å²) in [6.45, 7) is 5.06. The maximum absolute atomic E-state index is 5.26. The molecule has 1 fully saturated rings. The molecular formula is C19H30N6OS. The fraction of sp³-hybridized carbons (Fsp3) is 0.632. The summed E-state index contributed by atoms with van der Waals surface area (Å²) in [7, 11) is 3.74. The molecule has 0 unspecified atom stereocenters. The Kier molecular flexibility index (Phi) is 6.84. The molecule has 7 nitrogen and oxygen atoms in total. The van der Waals surface area contributed by atoms with Gasteiger partial charge in [-0.2, -0.15) is 0 Å². The SMILES string of the molecule is COCCC1(CNC(=NCc2nnc(C)n2C)NCCc2cccs2)CC1. The van der Waals surface area contributed by atoms with Crippen LogP contribution >= 0.6 is 11.3 Å². The van der Waals surface area contributed by atoms with Crippen LogP contribution in [0.3, 0.4) is 0 Å². The Hall–Kier alpha value is -1.93. The second kappa shape index (κ2) is 9.32. The number of guanidine groups is 1. The quantitative estimate of drug-likeness (QED) is 0.481. The third-order valence-electron chi connectivity index (χ3n) is 5.23. The van der Waals surface area contributed by atoms with Gasteiger partial charge in [0.15, 0.2) is 11.8 Å². The molecule has 0 amide bonds. The maximum Gasteiger partial charge on any atom is 0.191 e. The molecule has 3 rings (SSSR count). The molecule has 2 N–H and O–H groups in total. The summed E-state index contributed by atoms with van der Waals surface area (Å²) in [5.41, 5.74) is 0.369. The zero-order valence-corrected chi connectivity index (χ0v) is 17.3. The predicted octanol–water partition coefficient (Wildman–Crippen LogP) is 2.28. The number of aromatic nitrogens is 3. The van der Waals surface area contributed by atoms with Crippen LogP contribution in [-0.2, 0) is 24.8 Å². The van der Waals surface area contributed by atoms with Crippen LogP contribution in [0.4, 0.5) is 0 Å². The topological polar surface area (TPSA) is 76.4 Å². The van der Waals surface area contributed by atoms with Crippen molar-refractivity contribution < 1.29 is 4.74 Å². The average molecular weight is 391 g/mol. The first kappa shape index (κ1) is 19.8. The van der Waals surface area contributed by atoms with E-state index < -0.39 is 0 Å². The molecule has 0 aliphatic heterocycles. The van der Waals surface area contributed by atoms with E-state index in [-0.39, 0.29) is 0 Å². The standard InChI is InChI=1S/C19H30N6OS/c1-15-23-24-17(25(15)2)13-21-18(20-10-6-16-5-4-12-27-16)22-14-19(7-8-19)9-11-26-3/h4-5,12H,6-11,13-14H2,1-3H3,(H2,20,21,22). The van der Waals surface area contributed by atoms with Gasteiger partial charge >= 0.3 is 0 Å². The molecule has 0 spiro atoms. The largest absolute Gasteiger partial charge is 0.385 e. The third kappa shape index (κ3) is 5.77. The van der Waals surface area contributed by atoms with Gasteiger partial charge in [-0.25, -0.2) is 4.99 Å². The van der Waals surface area contributed by atoms with E-state index in [1.165, 1.54) is 17.7 Å². The number of ether oxygens (including phenoxy) is 1. The van der Waals surface area contributed by atoms with Gasteiger partial charge in [-0.05, 0) is 49.5 Å². The molecule has 148 valence electrons. The van der Waals surface area contributed by atoms with Gasteiger partial charge < -0.3 is 19.9 Å². The number of methoxy groups -OCH3 is 1. The maximum atomic E-state index is 5.26. The zero-order chi connectivity index (χ0) is 19.1. The minimum atomic E-state index is 0.369. The number of nitrogens with one attached hydrogen (secondary N) is 2. The van der Waals surface area contributed by atoms with Crippen LogP contribution in [0.1, 0.15) is 35.8 Å². The first-order valence-electron chi connectivity index (χ1n) is 9.50. The first-order chi connectivity index (χ1) is 13.1. The second-order valence-electron chi connectivity index (χ2n) is 7.24. The van der Waals surface area contributed by atoms with Crippen molar-refractivity contribution in [2.75, 3.05) is 26.8 Å². The van der Waals surface area contributed by atoms with Crippen molar-refractivity contribution in [1.82, 2.24) is 25.4 Å². The van der Waals surface area contributed by atoms with Crippen LogP contribution < -0.4 is 10.6 Å². The van der Waals surface area contributed by atoms with Gasteiger partial charge in [0.25, 0.3) is 0 Å². The second-order valence-corrected chi connectivity index (χ2v) is 8.27. The fourth-order valence-corrected chi connectivity index (χ4v) is 3.66. The van der Waals surface area contributed by atoms with E-state index in [2.05, 4.69) is 38.3 Å². The Morgan fingerprint density at radius 2 is 2.22 bits per heavy atom. The number of rotatable bonds is 10. The normalized spacial score (nSPS) is 15.7. The highest BCUT2D eigenvalue weighted by Crippen LogP contribution is 2.48. The monoisotopic (exact) mass is 390 g/mol. The van der Waals surface area contributed by atoms with E-state index in [0.717, 1.165) is 50.1 Å². The number of thiophene rings is 1. The van der Waals surface area contributed by atoms with Crippen molar-refractivity contribution >= 4 is 17.3 Å². The first-order valence-corrected chi connectivity index (χ1v) is 10.4. The highest BCUT2D eigenvalue weighted by atomic mass is 32.1. The van der Waals surface area contributed by atoms with Crippen molar-refractivity contribution in [2.45, 2.75) is 39.2 Å². The van der Waals surface area contributed by atoms with Gasteiger partial charge in [0, 0.05) is 38.7 Å². The molecule has 1 aliphatic carbocycles. The molecule has 0 aromatic carbocycles. The molecule has 2 heterocycles. The molecule has 0 radical (unpaired) electrons. The molecule has 1 saturated carbocycles. The molecule has 27 heavy (non-hydrogen) atoms. The van der Waals surface area contributed by atoms with E-state index in [4.69, 9.17) is 9.73 Å². The number of nitrogens with zero attached hydrogens (tertiary/aromatic N) is 4. The molecule has 0 bridgehead atoms. The van der Waals surface area contributed by atoms with Crippen LogP contribution in [0.2, 0.25) is 0 Å². The fourth-order valence-electron chi connectivity index (χ4n) is 2.95. The number of aliphatic imine (C=N–C) groups is 1. The van der Waals surface area contributed by atoms with Crippen molar-refractivity contribution in [3.8, 4) is 0 Å². The summed E-state index contributed by atoms with van der Waals surface area (Å²) >= 11 is 1.79. The van der Waals surface area contributed by atoms with Gasteiger partial charge in [0.2, 0.25) is 0 Å². The van der Waals surface area contributed by atoms with Gasteiger partial charge in [-0.15, -0.1) is 21.5 Å².